The molecule has 2 amide bonds. The molecule has 1 N–H and O–H groups in total. The number of pyridine rings is 1. The number of carbonyl (C=O) groups excluding carboxylic acids is 2. The van der Waals surface area contributed by atoms with Crippen molar-refractivity contribution >= 4 is 39.3 Å². The van der Waals surface area contributed by atoms with Crippen LogP contribution in [0.25, 0.3) is 0 Å². The van der Waals surface area contributed by atoms with Crippen LogP contribution in [0.5, 0.6) is 0 Å². The molecule has 0 bridgehead atoms. The van der Waals surface area contributed by atoms with Crippen LogP contribution in [0.2, 0.25) is 0 Å². The summed E-state index contributed by atoms with van der Waals surface area (Å²) in [6.45, 7) is 6.17. The van der Waals surface area contributed by atoms with Gasteiger partial charge < -0.3 is 10.2 Å². The first-order valence-corrected chi connectivity index (χ1v) is 13.1. The number of nitrogens with one attached hydrogen (secondary N) is 1. The number of rotatable bonds is 9. The zero-order valence-electron chi connectivity index (χ0n) is 18.3. The van der Waals surface area contributed by atoms with Crippen molar-refractivity contribution in [1.29, 1.82) is 0 Å². The van der Waals surface area contributed by atoms with Crippen molar-refractivity contribution in [2.45, 2.75) is 36.6 Å². The maximum absolute atomic E-state index is 12.6. The molecule has 32 heavy (non-hydrogen) atoms. The van der Waals surface area contributed by atoms with E-state index in [1.54, 1.807) is 35.2 Å². The number of aromatic nitrogens is 1. The minimum Gasteiger partial charge on any atom is -0.339 e. The third-order valence-electron chi connectivity index (χ3n) is 5.21. The predicted octanol–water partition coefficient (Wildman–Crippen LogP) is 3.08. The molecule has 0 radical (unpaired) electrons. The van der Waals surface area contributed by atoms with Crippen LogP contribution < -0.4 is 5.32 Å². The van der Waals surface area contributed by atoms with E-state index in [1.165, 1.54) is 28.3 Å². The molecule has 1 saturated heterocycles. The van der Waals surface area contributed by atoms with Crippen LogP contribution in [0, 0.1) is 0 Å². The summed E-state index contributed by atoms with van der Waals surface area (Å²) in [4.78, 5) is 30.9. The first kappa shape index (κ1) is 24.2. The lowest BCUT2D eigenvalue weighted by Crippen LogP contribution is -2.30. The summed E-state index contributed by atoms with van der Waals surface area (Å²) in [6.07, 6.45) is 3.10. The Bertz CT molecular complexity index is 1050. The summed E-state index contributed by atoms with van der Waals surface area (Å²) in [5, 5.41) is 3.36. The second-order valence-electron chi connectivity index (χ2n) is 7.34. The summed E-state index contributed by atoms with van der Waals surface area (Å²) in [5.74, 6) is -0.203. The molecule has 0 unspecified atom stereocenters. The maximum atomic E-state index is 12.6. The highest BCUT2D eigenvalue weighted by Crippen LogP contribution is 2.23. The van der Waals surface area contributed by atoms with Gasteiger partial charge in [-0.15, -0.1) is 0 Å². The minimum absolute atomic E-state index is 0.0753. The molecule has 1 aromatic heterocycles. The summed E-state index contributed by atoms with van der Waals surface area (Å²) < 4.78 is 26.6. The Morgan fingerprint density at radius 3 is 2.47 bits per heavy atom. The fourth-order valence-electron chi connectivity index (χ4n) is 3.44. The lowest BCUT2D eigenvalue weighted by Gasteiger charge is -2.19. The quantitative estimate of drug-likeness (QED) is 0.559. The van der Waals surface area contributed by atoms with E-state index in [2.05, 4.69) is 10.3 Å². The minimum atomic E-state index is -3.50. The van der Waals surface area contributed by atoms with Gasteiger partial charge in [0.05, 0.1) is 10.8 Å². The van der Waals surface area contributed by atoms with Crippen LogP contribution in [-0.2, 0) is 14.8 Å². The Morgan fingerprint density at radius 2 is 1.84 bits per heavy atom. The second-order valence-corrected chi connectivity index (χ2v) is 10.3. The zero-order valence-corrected chi connectivity index (χ0v) is 19.9. The number of anilines is 1. The van der Waals surface area contributed by atoms with Crippen LogP contribution >= 0.6 is 11.8 Å². The van der Waals surface area contributed by atoms with Gasteiger partial charge >= 0.3 is 0 Å². The molecule has 172 valence electrons. The lowest BCUT2D eigenvalue weighted by atomic mass is 10.1. The Kier molecular flexibility index (Phi) is 8.27. The molecular formula is C22H28N4O4S2. The highest BCUT2D eigenvalue weighted by Gasteiger charge is 2.27. The standard InChI is InChI=1S/C22H28N4O4S2/c1-3-25(4-2)22(28)17-8-7-9-18(14-17)24-20(27)16-31-21-11-10-19(15-23-21)32(29,30)26-12-5-6-13-26/h7-11,14-15H,3-6,12-13,16H2,1-2H3,(H,24,27). The van der Waals surface area contributed by atoms with Gasteiger partial charge in [0.25, 0.3) is 5.91 Å². The average Bonchev–Trinajstić information content (AvgIpc) is 3.35. The molecule has 0 aliphatic carbocycles. The lowest BCUT2D eigenvalue weighted by molar-refractivity contribution is -0.113. The van der Waals surface area contributed by atoms with Gasteiger partial charge in [0.1, 0.15) is 4.90 Å². The fraction of sp³-hybridized carbons (Fsp3) is 0.409. The number of sulfonamides is 1. The van der Waals surface area contributed by atoms with Gasteiger partial charge in [-0.05, 0) is 57.0 Å². The first-order chi connectivity index (χ1) is 15.3. The molecule has 10 heteroatoms. The van der Waals surface area contributed by atoms with Crippen molar-refractivity contribution in [3.63, 3.8) is 0 Å². The SMILES string of the molecule is CCN(CC)C(=O)c1cccc(NC(=O)CSc2ccc(S(=O)(=O)N3CCCC3)cn2)c1. The highest BCUT2D eigenvalue weighted by atomic mass is 32.2. The largest absolute Gasteiger partial charge is 0.339 e. The smallest absolute Gasteiger partial charge is 0.253 e. The molecule has 0 atom stereocenters. The van der Waals surface area contributed by atoms with Gasteiger partial charge in [0.2, 0.25) is 15.9 Å². The third kappa shape index (κ3) is 5.87. The molecule has 0 spiro atoms. The van der Waals surface area contributed by atoms with Crippen molar-refractivity contribution in [1.82, 2.24) is 14.2 Å². The van der Waals surface area contributed by atoms with Gasteiger partial charge in [-0.3, -0.25) is 9.59 Å². The molecule has 2 aromatic rings. The molecule has 3 rings (SSSR count). The van der Waals surface area contributed by atoms with Crippen LogP contribution in [0.1, 0.15) is 37.0 Å². The summed E-state index contributed by atoms with van der Waals surface area (Å²) in [6, 6.07) is 10.0. The molecule has 1 fully saturated rings. The van der Waals surface area contributed by atoms with Crippen LogP contribution in [0.15, 0.2) is 52.5 Å². The van der Waals surface area contributed by atoms with E-state index in [0.29, 0.717) is 42.5 Å². The molecule has 8 nitrogen and oxygen atoms in total. The number of benzene rings is 1. The Morgan fingerprint density at radius 1 is 1.12 bits per heavy atom. The van der Waals surface area contributed by atoms with E-state index < -0.39 is 10.0 Å². The van der Waals surface area contributed by atoms with Crippen molar-refractivity contribution in [2.75, 3.05) is 37.2 Å². The molecule has 2 heterocycles. The molecule has 1 aliphatic rings. The Hall–Kier alpha value is -2.43. The topological polar surface area (TPSA) is 99.7 Å². The fourth-order valence-corrected chi connectivity index (χ4v) is 5.55. The number of carbonyl (C=O) groups is 2. The number of nitrogens with zero attached hydrogens (tertiary/aromatic N) is 3. The van der Waals surface area contributed by atoms with Crippen LogP contribution in [-0.4, -0.2) is 66.4 Å². The van der Waals surface area contributed by atoms with Crippen molar-refractivity contribution in [2.24, 2.45) is 0 Å². The van der Waals surface area contributed by atoms with E-state index >= 15 is 0 Å². The van der Waals surface area contributed by atoms with Gasteiger partial charge in [-0.2, -0.15) is 4.31 Å². The first-order valence-electron chi connectivity index (χ1n) is 10.6. The summed E-state index contributed by atoms with van der Waals surface area (Å²) >= 11 is 1.22. The van der Waals surface area contributed by atoms with E-state index in [4.69, 9.17) is 0 Å². The Balaban J connectivity index is 1.56. The van der Waals surface area contributed by atoms with Crippen LogP contribution in [0.4, 0.5) is 5.69 Å². The average molecular weight is 477 g/mol. The molecule has 0 saturated carbocycles. The van der Waals surface area contributed by atoms with E-state index in [-0.39, 0.29) is 22.5 Å². The molecule has 1 aromatic carbocycles. The summed E-state index contributed by atoms with van der Waals surface area (Å²) in [5.41, 5.74) is 1.07. The highest BCUT2D eigenvalue weighted by molar-refractivity contribution is 7.99. The second kappa shape index (κ2) is 10.9. The Labute approximate surface area is 193 Å². The van der Waals surface area contributed by atoms with Gasteiger partial charge in [0, 0.05) is 43.6 Å². The molecule has 1 aliphatic heterocycles. The molecular weight excluding hydrogens is 448 g/mol. The normalized spacial score (nSPS) is 14.3. The summed E-state index contributed by atoms with van der Waals surface area (Å²) in [7, 11) is -3.50. The van der Waals surface area contributed by atoms with E-state index in [9.17, 15) is 18.0 Å². The third-order valence-corrected chi connectivity index (χ3v) is 8.03. The van der Waals surface area contributed by atoms with Gasteiger partial charge in [-0.1, -0.05) is 17.8 Å². The number of hydrogen-bond acceptors (Lipinski definition) is 6. The van der Waals surface area contributed by atoms with E-state index in [1.807, 2.05) is 13.8 Å². The van der Waals surface area contributed by atoms with Crippen molar-refractivity contribution in [3.05, 3.63) is 48.2 Å². The van der Waals surface area contributed by atoms with Gasteiger partial charge in [0.15, 0.2) is 0 Å². The predicted molar refractivity (Wildman–Crippen MR) is 125 cm³/mol. The monoisotopic (exact) mass is 476 g/mol. The maximum Gasteiger partial charge on any atom is 0.253 e. The van der Waals surface area contributed by atoms with E-state index in [0.717, 1.165) is 12.8 Å². The van der Waals surface area contributed by atoms with Gasteiger partial charge in [-0.25, -0.2) is 13.4 Å². The number of amides is 2. The number of thioether (sulfide) groups is 1. The van der Waals surface area contributed by atoms with Crippen LogP contribution in [0.3, 0.4) is 0 Å². The van der Waals surface area contributed by atoms with Crippen molar-refractivity contribution < 1.29 is 18.0 Å². The van der Waals surface area contributed by atoms with Crippen molar-refractivity contribution in [3.8, 4) is 0 Å². The number of hydrogen-bond donors (Lipinski definition) is 1. The zero-order chi connectivity index (χ0) is 23.1.